The summed E-state index contributed by atoms with van der Waals surface area (Å²) < 4.78 is 5.99. The molecule has 0 aliphatic rings. The number of aromatic nitrogens is 3. The summed E-state index contributed by atoms with van der Waals surface area (Å²) in [5, 5.41) is 3.63. The van der Waals surface area contributed by atoms with E-state index in [0.29, 0.717) is 28.4 Å². The lowest BCUT2D eigenvalue weighted by molar-refractivity contribution is 0.0600. The van der Waals surface area contributed by atoms with E-state index in [9.17, 15) is 9.59 Å². The highest BCUT2D eigenvalue weighted by Crippen LogP contribution is 2.19. The normalized spacial score (nSPS) is 10.7. The van der Waals surface area contributed by atoms with Crippen LogP contribution in [0.2, 0.25) is 5.02 Å². The first-order valence-electron chi connectivity index (χ1n) is 7.60. The molecule has 3 rings (SSSR count). The maximum atomic E-state index is 12.7. The lowest BCUT2D eigenvalue weighted by atomic mass is 10.1. The Morgan fingerprint density at radius 2 is 2.04 bits per heavy atom. The number of nitrogens with zero attached hydrogens (tertiary/aromatic N) is 2. The lowest BCUT2D eigenvalue weighted by Crippen LogP contribution is -2.19. The van der Waals surface area contributed by atoms with Crippen molar-refractivity contribution in [2.24, 2.45) is 0 Å². The smallest absolute Gasteiger partial charge is 0.339 e. The van der Waals surface area contributed by atoms with Crippen LogP contribution in [-0.4, -0.2) is 27.8 Å². The first kappa shape index (κ1) is 17.0. The summed E-state index contributed by atoms with van der Waals surface area (Å²) in [5.41, 5.74) is 2.36. The van der Waals surface area contributed by atoms with Crippen molar-refractivity contribution in [2.45, 2.75) is 13.3 Å². The van der Waals surface area contributed by atoms with Gasteiger partial charge in [-0.3, -0.25) is 9.89 Å². The molecule has 3 aromatic rings. The molecule has 6 nitrogen and oxygen atoms in total. The van der Waals surface area contributed by atoms with Gasteiger partial charge in [-0.25, -0.2) is 14.5 Å². The van der Waals surface area contributed by atoms with Gasteiger partial charge in [-0.2, -0.15) is 0 Å². The minimum atomic E-state index is -0.478. The number of pyridine rings is 1. The SMILES string of the molecule is COC(=O)c1ccc(-n2[nH]c(C)c(Cc3ccccc3Cl)c2=O)nc1. The zero-order valence-corrected chi connectivity index (χ0v) is 14.5. The van der Waals surface area contributed by atoms with Gasteiger partial charge in [-0.1, -0.05) is 29.8 Å². The third kappa shape index (κ3) is 3.34. The van der Waals surface area contributed by atoms with E-state index in [0.717, 1.165) is 11.3 Å². The first-order chi connectivity index (χ1) is 12.0. The fraction of sp³-hybridized carbons (Fsp3) is 0.167. The largest absolute Gasteiger partial charge is 0.465 e. The molecule has 7 heteroatoms. The van der Waals surface area contributed by atoms with Gasteiger partial charge in [0.15, 0.2) is 5.82 Å². The van der Waals surface area contributed by atoms with Crippen molar-refractivity contribution in [1.29, 1.82) is 0 Å². The van der Waals surface area contributed by atoms with Gasteiger partial charge in [-0.05, 0) is 30.7 Å². The molecule has 0 saturated carbocycles. The van der Waals surface area contributed by atoms with Gasteiger partial charge in [0.2, 0.25) is 0 Å². The van der Waals surface area contributed by atoms with Gasteiger partial charge >= 0.3 is 5.97 Å². The maximum absolute atomic E-state index is 12.7. The number of halogens is 1. The number of ether oxygens (including phenoxy) is 1. The molecular weight excluding hydrogens is 342 g/mol. The van der Waals surface area contributed by atoms with Gasteiger partial charge < -0.3 is 4.74 Å². The van der Waals surface area contributed by atoms with Crippen LogP contribution in [-0.2, 0) is 11.2 Å². The van der Waals surface area contributed by atoms with E-state index in [2.05, 4.69) is 14.8 Å². The highest BCUT2D eigenvalue weighted by Gasteiger charge is 2.15. The van der Waals surface area contributed by atoms with E-state index in [1.807, 2.05) is 25.1 Å². The van der Waals surface area contributed by atoms with Crippen LogP contribution in [0.4, 0.5) is 0 Å². The van der Waals surface area contributed by atoms with Gasteiger partial charge in [0, 0.05) is 28.9 Å². The zero-order chi connectivity index (χ0) is 18.0. The molecule has 0 atom stereocenters. The highest BCUT2D eigenvalue weighted by atomic mass is 35.5. The molecule has 0 bridgehead atoms. The highest BCUT2D eigenvalue weighted by molar-refractivity contribution is 6.31. The molecular formula is C18H16ClN3O3. The average Bonchev–Trinajstić information content (AvgIpc) is 2.91. The summed E-state index contributed by atoms with van der Waals surface area (Å²) >= 11 is 6.19. The van der Waals surface area contributed by atoms with Crippen LogP contribution in [0, 0.1) is 6.92 Å². The molecule has 0 amide bonds. The molecule has 2 heterocycles. The summed E-state index contributed by atoms with van der Waals surface area (Å²) in [6.07, 6.45) is 1.80. The number of carbonyl (C=O) groups excluding carboxylic acids is 1. The van der Waals surface area contributed by atoms with Crippen LogP contribution in [0.5, 0.6) is 0 Å². The summed E-state index contributed by atoms with van der Waals surface area (Å²) in [6.45, 7) is 1.83. The topological polar surface area (TPSA) is 77.0 Å². The van der Waals surface area contributed by atoms with E-state index in [1.165, 1.54) is 18.0 Å². The van der Waals surface area contributed by atoms with Crippen LogP contribution in [0.3, 0.4) is 0 Å². The van der Waals surface area contributed by atoms with E-state index in [4.69, 9.17) is 11.6 Å². The minimum Gasteiger partial charge on any atom is -0.465 e. The Morgan fingerprint density at radius 3 is 2.68 bits per heavy atom. The fourth-order valence-corrected chi connectivity index (χ4v) is 2.74. The summed E-state index contributed by atoms with van der Waals surface area (Å²) in [5.74, 6) is -0.0837. The number of aryl methyl sites for hydroxylation is 1. The Morgan fingerprint density at radius 1 is 1.28 bits per heavy atom. The standard InChI is InChI=1S/C18H16ClN3O3/c1-11-14(9-12-5-3-4-6-15(12)19)17(23)22(21-11)16-8-7-13(10-20-16)18(24)25-2/h3-8,10,21H,9H2,1-2H3. The molecule has 0 saturated heterocycles. The average molecular weight is 358 g/mol. The number of hydrogen-bond donors (Lipinski definition) is 1. The van der Waals surface area contributed by atoms with Crippen LogP contribution >= 0.6 is 11.6 Å². The van der Waals surface area contributed by atoms with Crippen LogP contribution < -0.4 is 5.56 Å². The van der Waals surface area contributed by atoms with E-state index in [-0.39, 0.29) is 5.56 Å². The first-order valence-corrected chi connectivity index (χ1v) is 7.97. The monoisotopic (exact) mass is 357 g/mol. The third-order valence-corrected chi connectivity index (χ3v) is 4.29. The predicted molar refractivity (Wildman–Crippen MR) is 94.5 cm³/mol. The Kier molecular flexibility index (Phi) is 4.72. The van der Waals surface area contributed by atoms with Crippen molar-refractivity contribution in [3.8, 4) is 5.82 Å². The third-order valence-electron chi connectivity index (χ3n) is 3.92. The maximum Gasteiger partial charge on any atom is 0.339 e. The molecule has 0 aliphatic heterocycles. The molecule has 25 heavy (non-hydrogen) atoms. The molecule has 0 unspecified atom stereocenters. The number of benzene rings is 1. The van der Waals surface area contributed by atoms with E-state index in [1.54, 1.807) is 18.2 Å². The Bertz CT molecular complexity index is 974. The number of aromatic amines is 1. The molecule has 1 N–H and O–H groups in total. The van der Waals surface area contributed by atoms with Crippen molar-refractivity contribution in [1.82, 2.24) is 14.8 Å². The zero-order valence-electron chi connectivity index (χ0n) is 13.7. The molecule has 128 valence electrons. The number of carbonyl (C=O) groups is 1. The molecule has 1 aromatic carbocycles. The Hall–Kier alpha value is -2.86. The number of rotatable bonds is 4. The van der Waals surface area contributed by atoms with Crippen LogP contribution in [0.15, 0.2) is 47.4 Å². The molecule has 0 aliphatic carbocycles. The lowest BCUT2D eigenvalue weighted by Gasteiger charge is -2.02. The second-order valence-electron chi connectivity index (χ2n) is 5.52. The second kappa shape index (κ2) is 6.94. The van der Waals surface area contributed by atoms with E-state index >= 15 is 0 Å². The van der Waals surface area contributed by atoms with E-state index < -0.39 is 5.97 Å². The van der Waals surface area contributed by atoms with Crippen molar-refractivity contribution in [3.05, 3.63) is 80.4 Å². The summed E-state index contributed by atoms with van der Waals surface area (Å²) in [4.78, 5) is 28.4. The molecule has 0 radical (unpaired) electrons. The van der Waals surface area contributed by atoms with Gasteiger partial charge in [0.05, 0.1) is 12.7 Å². The molecule has 0 fully saturated rings. The van der Waals surface area contributed by atoms with Crippen LogP contribution in [0.1, 0.15) is 27.2 Å². The fourth-order valence-electron chi connectivity index (χ4n) is 2.54. The van der Waals surface area contributed by atoms with Crippen molar-refractivity contribution in [2.75, 3.05) is 7.11 Å². The summed E-state index contributed by atoms with van der Waals surface area (Å²) in [6, 6.07) is 10.6. The number of hydrogen-bond acceptors (Lipinski definition) is 4. The number of methoxy groups -OCH3 is 1. The molecule has 2 aromatic heterocycles. The number of H-pyrrole nitrogens is 1. The minimum absolute atomic E-state index is 0.198. The van der Waals surface area contributed by atoms with Gasteiger partial charge in [0.25, 0.3) is 5.56 Å². The van der Waals surface area contributed by atoms with Crippen molar-refractivity contribution < 1.29 is 9.53 Å². The Balaban J connectivity index is 1.96. The number of nitrogens with one attached hydrogen (secondary N) is 1. The van der Waals surface area contributed by atoms with Gasteiger partial charge in [0.1, 0.15) is 0 Å². The number of esters is 1. The van der Waals surface area contributed by atoms with Crippen molar-refractivity contribution >= 4 is 17.6 Å². The molecule has 0 spiro atoms. The van der Waals surface area contributed by atoms with Crippen molar-refractivity contribution in [3.63, 3.8) is 0 Å². The quantitative estimate of drug-likeness (QED) is 0.728. The second-order valence-corrected chi connectivity index (χ2v) is 5.93. The summed E-state index contributed by atoms with van der Waals surface area (Å²) in [7, 11) is 1.30. The van der Waals surface area contributed by atoms with Crippen LogP contribution in [0.25, 0.3) is 5.82 Å². The Labute approximate surface area is 149 Å². The van der Waals surface area contributed by atoms with Gasteiger partial charge in [-0.15, -0.1) is 0 Å². The predicted octanol–water partition coefficient (Wildman–Crippen LogP) is 2.90.